The second-order valence-corrected chi connectivity index (χ2v) is 8.84. The lowest BCUT2D eigenvalue weighted by atomic mass is 9.96. The number of aromatic nitrogens is 2. The van der Waals surface area contributed by atoms with Gasteiger partial charge in [0.1, 0.15) is 5.75 Å². The first-order valence-electron chi connectivity index (χ1n) is 11.1. The van der Waals surface area contributed by atoms with Gasteiger partial charge in [-0.05, 0) is 65.9 Å². The molecule has 0 aliphatic rings. The van der Waals surface area contributed by atoms with Crippen LogP contribution in [0.5, 0.6) is 17.2 Å². The summed E-state index contributed by atoms with van der Waals surface area (Å²) in [6.07, 6.45) is 1.48. The van der Waals surface area contributed by atoms with E-state index in [0.29, 0.717) is 22.3 Å². The van der Waals surface area contributed by atoms with Crippen molar-refractivity contribution in [3.05, 3.63) is 80.6 Å². The van der Waals surface area contributed by atoms with Gasteiger partial charge in [0, 0.05) is 5.56 Å². The summed E-state index contributed by atoms with van der Waals surface area (Å²) in [6.45, 7) is 6.11. The zero-order chi connectivity index (χ0) is 25.3. The van der Waals surface area contributed by atoms with Gasteiger partial charge < -0.3 is 14.6 Å². The van der Waals surface area contributed by atoms with E-state index in [4.69, 9.17) is 26.1 Å². The van der Waals surface area contributed by atoms with Gasteiger partial charge >= 0.3 is 0 Å². The lowest BCUT2D eigenvalue weighted by Gasteiger charge is -2.17. The van der Waals surface area contributed by atoms with Gasteiger partial charge in [0.2, 0.25) is 0 Å². The number of halogens is 1. The van der Waals surface area contributed by atoms with Gasteiger partial charge in [-0.25, -0.2) is 4.98 Å². The maximum Gasteiger partial charge on any atom is 0.282 e. The highest BCUT2D eigenvalue weighted by Crippen LogP contribution is 2.35. The number of phenols is 1. The molecule has 180 valence electrons. The number of nitrogens with zero attached hydrogens (tertiary/aromatic N) is 3. The van der Waals surface area contributed by atoms with E-state index in [9.17, 15) is 9.90 Å². The number of ether oxygens (including phenoxy) is 2. The van der Waals surface area contributed by atoms with Crippen molar-refractivity contribution in [2.45, 2.75) is 26.7 Å². The van der Waals surface area contributed by atoms with E-state index in [1.165, 1.54) is 24.1 Å². The Bertz CT molecular complexity index is 1510. The Morgan fingerprint density at radius 3 is 2.49 bits per heavy atom. The third-order valence-electron chi connectivity index (χ3n) is 5.79. The molecule has 1 N–H and O–H groups in total. The number of rotatable bonds is 6. The number of fused-ring (bicyclic) bond motifs is 1. The molecule has 3 aromatic carbocycles. The Kier molecular flexibility index (Phi) is 6.80. The molecule has 0 saturated heterocycles. The molecule has 0 aliphatic heterocycles. The van der Waals surface area contributed by atoms with Crippen LogP contribution in [-0.2, 0) is 0 Å². The molecule has 0 atom stereocenters. The Morgan fingerprint density at radius 1 is 1.09 bits per heavy atom. The van der Waals surface area contributed by atoms with Crippen LogP contribution in [0.3, 0.4) is 0 Å². The lowest BCUT2D eigenvalue weighted by molar-refractivity contribution is 0.373. The summed E-state index contributed by atoms with van der Waals surface area (Å²) in [7, 11) is 3.08. The van der Waals surface area contributed by atoms with Crippen molar-refractivity contribution in [3.63, 3.8) is 0 Å². The van der Waals surface area contributed by atoms with Crippen molar-refractivity contribution in [1.82, 2.24) is 9.66 Å². The van der Waals surface area contributed by atoms with Gasteiger partial charge in [-0.2, -0.15) is 9.78 Å². The van der Waals surface area contributed by atoms with E-state index in [0.717, 1.165) is 22.4 Å². The van der Waals surface area contributed by atoms with Gasteiger partial charge in [0.05, 0.1) is 36.4 Å². The van der Waals surface area contributed by atoms with Crippen LogP contribution >= 0.6 is 11.6 Å². The maximum atomic E-state index is 13.5. The molecule has 4 aromatic rings. The van der Waals surface area contributed by atoms with E-state index in [-0.39, 0.29) is 28.0 Å². The predicted molar refractivity (Wildman–Crippen MR) is 139 cm³/mol. The summed E-state index contributed by atoms with van der Waals surface area (Å²) in [5, 5.41) is 15.1. The number of hydrogen-bond acceptors (Lipinski definition) is 6. The smallest absolute Gasteiger partial charge is 0.282 e. The van der Waals surface area contributed by atoms with Crippen molar-refractivity contribution in [2.75, 3.05) is 14.2 Å². The molecule has 0 aliphatic carbocycles. The van der Waals surface area contributed by atoms with Crippen molar-refractivity contribution >= 4 is 28.7 Å². The van der Waals surface area contributed by atoms with Crippen molar-refractivity contribution in [1.29, 1.82) is 0 Å². The van der Waals surface area contributed by atoms with Gasteiger partial charge in [0.15, 0.2) is 17.3 Å². The quantitative estimate of drug-likeness (QED) is 0.347. The SMILES string of the molecule is COc1cc(C)c(-c2nc3ccccc3c(=O)n2N=Cc2cc(Cl)c(O)c(OC)c2)cc1C(C)C. The minimum absolute atomic E-state index is 0.114. The summed E-state index contributed by atoms with van der Waals surface area (Å²) >= 11 is 6.13. The summed E-state index contributed by atoms with van der Waals surface area (Å²) < 4.78 is 12.1. The summed E-state index contributed by atoms with van der Waals surface area (Å²) in [5.41, 5.74) is 3.49. The number of aryl methyl sites for hydroxylation is 1. The highest BCUT2D eigenvalue weighted by Gasteiger charge is 2.18. The number of phenolic OH excluding ortho intramolecular Hbond substituents is 1. The molecule has 1 heterocycles. The lowest BCUT2D eigenvalue weighted by Crippen LogP contribution is -2.20. The predicted octanol–water partition coefficient (Wildman–Crippen LogP) is 5.75. The van der Waals surface area contributed by atoms with Crippen LogP contribution in [0.4, 0.5) is 0 Å². The van der Waals surface area contributed by atoms with E-state index in [1.54, 1.807) is 31.4 Å². The monoisotopic (exact) mass is 491 g/mol. The number of methoxy groups -OCH3 is 2. The fraction of sp³-hybridized carbons (Fsp3) is 0.222. The molecular formula is C27H26ClN3O4. The maximum absolute atomic E-state index is 13.5. The van der Waals surface area contributed by atoms with Gasteiger partial charge in [-0.1, -0.05) is 37.6 Å². The highest BCUT2D eigenvalue weighted by molar-refractivity contribution is 6.32. The van der Waals surface area contributed by atoms with Gasteiger partial charge in [0.25, 0.3) is 5.56 Å². The first-order chi connectivity index (χ1) is 16.7. The zero-order valence-corrected chi connectivity index (χ0v) is 20.9. The van der Waals surface area contributed by atoms with Crippen molar-refractivity contribution in [2.24, 2.45) is 5.10 Å². The molecule has 7 nitrogen and oxygen atoms in total. The molecule has 0 bridgehead atoms. The van der Waals surface area contributed by atoms with Gasteiger partial charge in [-0.3, -0.25) is 4.79 Å². The normalized spacial score (nSPS) is 11.5. The summed E-state index contributed by atoms with van der Waals surface area (Å²) in [5.74, 6) is 1.43. The molecule has 0 spiro atoms. The largest absolute Gasteiger partial charge is 0.503 e. The minimum Gasteiger partial charge on any atom is -0.503 e. The molecule has 4 rings (SSSR count). The van der Waals surface area contributed by atoms with Gasteiger partial charge in [-0.15, -0.1) is 0 Å². The van der Waals surface area contributed by atoms with Crippen molar-refractivity contribution < 1.29 is 14.6 Å². The van der Waals surface area contributed by atoms with E-state index in [1.807, 2.05) is 25.1 Å². The molecule has 0 fully saturated rings. The van der Waals surface area contributed by atoms with Crippen LogP contribution in [0.1, 0.15) is 36.5 Å². The molecule has 35 heavy (non-hydrogen) atoms. The number of benzene rings is 3. The Labute approximate surface area is 208 Å². The molecule has 0 saturated carbocycles. The molecular weight excluding hydrogens is 466 g/mol. The Morgan fingerprint density at radius 2 is 1.80 bits per heavy atom. The molecule has 0 amide bonds. The van der Waals surface area contributed by atoms with Crippen LogP contribution in [-0.4, -0.2) is 35.2 Å². The Hall–Kier alpha value is -3.84. The second kappa shape index (κ2) is 9.80. The minimum atomic E-state index is -0.306. The van der Waals surface area contributed by atoms with Crippen LogP contribution in [0.2, 0.25) is 5.02 Å². The number of hydrogen-bond donors (Lipinski definition) is 1. The van der Waals surface area contributed by atoms with Crippen LogP contribution in [0, 0.1) is 6.92 Å². The number of para-hydroxylation sites is 1. The first-order valence-corrected chi connectivity index (χ1v) is 11.4. The van der Waals surface area contributed by atoms with E-state index >= 15 is 0 Å². The standard InChI is InChI=1S/C27H26ClN3O4/c1-15(2)19-13-20(16(3)10-23(19)34-4)26-30-22-9-7-6-8-18(22)27(33)31(26)29-14-17-11-21(28)25(32)24(12-17)35-5/h6-15,32H,1-5H3. The second-order valence-electron chi connectivity index (χ2n) is 8.43. The molecule has 8 heteroatoms. The third-order valence-corrected chi connectivity index (χ3v) is 6.07. The average molecular weight is 492 g/mol. The topological polar surface area (TPSA) is 85.9 Å². The highest BCUT2D eigenvalue weighted by atomic mass is 35.5. The third kappa shape index (κ3) is 4.59. The van der Waals surface area contributed by atoms with Crippen LogP contribution in [0.25, 0.3) is 22.3 Å². The number of aromatic hydroxyl groups is 1. The summed E-state index contributed by atoms with van der Waals surface area (Å²) in [4.78, 5) is 18.4. The Balaban J connectivity index is 1.98. The summed E-state index contributed by atoms with van der Waals surface area (Å²) in [6, 6.07) is 14.2. The first kappa shape index (κ1) is 24.3. The van der Waals surface area contributed by atoms with E-state index in [2.05, 4.69) is 18.9 Å². The van der Waals surface area contributed by atoms with E-state index < -0.39 is 0 Å². The molecule has 0 unspecified atom stereocenters. The average Bonchev–Trinajstić information content (AvgIpc) is 2.84. The molecule has 1 aromatic heterocycles. The fourth-order valence-electron chi connectivity index (χ4n) is 3.92. The van der Waals surface area contributed by atoms with Crippen LogP contribution in [0.15, 0.2) is 58.4 Å². The zero-order valence-electron chi connectivity index (χ0n) is 20.2. The fourth-order valence-corrected chi connectivity index (χ4v) is 4.14. The molecule has 0 radical (unpaired) electrons. The van der Waals surface area contributed by atoms with Crippen molar-refractivity contribution in [3.8, 4) is 28.6 Å². The van der Waals surface area contributed by atoms with Crippen LogP contribution < -0.4 is 15.0 Å².